The molecule has 2 aromatic rings. The van der Waals surface area contributed by atoms with E-state index in [1.165, 1.54) is 6.07 Å². The molecule has 0 aliphatic heterocycles. The van der Waals surface area contributed by atoms with Gasteiger partial charge in [0.1, 0.15) is 16.3 Å². The summed E-state index contributed by atoms with van der Waals surface area (Å²) in [5.41, 5.74) is 0.160. The molecule has 0 saturated carbocycles. The number of nitrogens with zero attached hydrogens (tertiary/aromatic N) is 1. The number of amides is 1. The minimum absolute atomic E-state index is 0.00651. The molecule has 24 heavy (non-hydrogen) atoms. The first-order chi connectivity index (χ1) is 11.5. The van der Waals surface area contributed by atoms with Crippen LogP contribution in [0.2, 0.25) is 0 Å². The van der Waals surface area contributed by atoms with Crippen LogP contribution in [0.4, 0.5) is 11.6 Å². The second-order valence-corrected chi connectivity index (χ2v) is 4.53. The summed E-state index contributed by atoms with van der Waals surface area (Å²) >= 11 is 0. The lowest BCUT2D eigenvalue weighted by molar-refractivity contribution is -0.402. The summed E-state index contributed by atoms with van der Waals surface area (Å²) in [5.74, 6) is -2.07. The van der Waals surface area contributed by atoms with Gasteiger partial charge in [0.2, 0.25) is 0 Å². The van der Waals surface area contributed by atoms with Gasteiger partial charge in [-0.1, -0.05) is 18.2 Å². The average Bonchev–Trinajstić information content (AvgIpc) is 3.02. The van der Waals surface area contributed by atoms with E-state index in [1.54, 1.807) is 37.3 Å². The number of hydrogen-bond donors (Lipinski definition) is 1. The Morgan fingerprint density at radius 3 is 2.54 bits per heavy atom. The molecule has 0 fully saturated rings. The number of carbonyl (C=O) groups is 2. The molecule has 1 aromatic carbocycles. The first kappa shape index (κ1) is 16.9. The summed E-state index contributed by atoms with van der Waals surface area (Å²) in [6, 6.07) is 10.9. The number of esters is 1. The second kappa shape index (κ2) is 7.73. The smallest absolute Gasteiger partial charge is 0.433 e. The van der Waals surface area contributed by atoms with Crippen molar-refractivity contribution in [1.82, 2.24) is 0 Å². The molecular formula is C16H14N2O6. The molecule has 0 spiro atoms. The van der Waals surface area contributed by atoms with Gasteiger partial charge >= 0.3 is 11.9 Å². The van der Waals surface area contributed by atoms with Crippen molar-refractivity contribution in [3.05, 3.63) is 63.9 Å². The number of furan rings is 1. The van der Waals surface area contributed by atoms with Crippen molar-refractivity contribution in [1.29, 1.82) is 0 Å². The van der Waals surface area contributed by atoms with Crippen LogP contribution in [-0.2, 0) is 14.3 Å². The Hall–Kier alpha value is -3.42. The molecule has 8 heteroatoms. The minimum Gasteiger partial charge on any atom is -0.462 e. The molecule has 124 valence electrons. The van der Waals surface area contributed by atoms with Crippen molar-refractivity contribution in [2.45, 2.75) is 6.92 Å². The van der Waals surface area contributed by atoms with Crippen molar-refractivity contribution in [3.8, 4) is 0 Å². The fraction of sp³-hybridized carbons (Fsp3) is 0.125. The molecular weight excluding hydrogens is 316 g/mol. The van der Waals surface area contributed by atoms with Crippen molar-refractivity contribution in [2.75, 3.05) is 11.9 Å². The van der Waals surface area contributed by atoms with Crippen molar-refractivity contribution >= 4 is 29.5 Å². The summed E-state index contributed by atoms with van der Waals surface area (Å²) in [6.07, 6.45) is 1.10. The van der Waals surface area contributed by atoms with Crippen LogP contribution in [-0.4, -0.2) is 23.4 Å². The lowest BCUT2D eigenvalue weighted by Gasteiger charge is -2.08. The van der Waals surface area contributed by atoms with Crippen LogP contribution in [0.3, 0.4) is 0 Å². The Kier molecular flexibility index (Phi) is 5.45. The Balaban J connectivity index is 2.29. The fourth-order valence-electron chi connectivity index (χ4n) is 1.81. The largest absolute Gasteiger partial charge is 0.462 e. The fourth-order valence-corrected chi connectivity index (χ4v) is 1.81. The van der Waals surface area contributed by atoms with Gasteiger partial charge in [0.15, 0.2) is 0 Å². The van der Waals surface area contributed by atoms with Crippen LogP contribution in [0.15, 0.2) is 52.5 Å². The maximum absolute atomic E-state index is 12.3. The average molecular weight is 330 g/mol. The SMILES string of the molecule is CCOC(=O)C(=Cc1ccc([N+](=O)[O-])o1)C(=O)Nc1ccccc1. The molecule has 0 aliphatic carbocycles. The van der Waals surface area contributed by atoms with Crippen molar-refractivity contribution < 1.29 is 23.7 Å². The van der Waals surface area contributed by atoms with E-state index in [9.17, 15) is 19.7 Å². The van der Waals surface area contributed by atoms with E-state index in [4.69, 9.17) is 9.15 Å². The number of nitro groups is 1. The maximum atomic E-state index is 12.3. The number of ether oxygens (including phenoxy) is 1. The highest BCUT2D eigenvalue weighted by atomic mass is 16.6. The first-order valence-corrected chi connectivity index (χ1v) is 7.00. The first-order valence-electron chi connectivity index (χ1n) is 7.00. The van der Waals surface area contributed by atoms with E-state index in [2.05, 4.69) is 5.32 Å². The third-order valence-corrected chi connectivity index (χ3v) is 2.85. The monoisotopic (exact) mass is 330 g/mol. The topological polar surface area (TPSA) is 112 Å². The number of rotatable bonds is 6. The summed E-state index contributed by atoms with van der Waals surface area (Å²) in [4.78, 5) is 34.2. The van der Waals surface area contributed by atoms with E-state index in [0.717, 1.165) is 12.1 Å². The molecule has 1 N–H and O–H groups in total. The maximum Gasteiger partial charge on any atom is 0.433 e. The van der Waals surface area contributed by atoms with Gasteiger partial charge in [-0.3, -0.25) is 14.9 Å². The minimum atomic E-state index is -0.856. The predicted octanol–water partition coefficient (Wildman–Crippen LogP) is 2.77. The van der Waals surface area contributed by atoms with Crippen LogP contribution in [0, 0.1) is 10.1 Å². The molecule has 0 radical (unpaired) electrons. The van der Waals surface area contributed by atoms with Crippen LogP contribution >= 0.6 is 0 Å². The highest BCUT2D eigenvalue weighted by Gasteiger charge is 2.21. The normalized spacial score (nSPS) is 11.0. The molecule has 8 nitrogen and oxygen atoms in total. The van der Waals surface area contributed by atoms with Crippen LogP contribution in [0.5, 0.6) is 0 Å². The Bertz CT molecular complexity index is 779. The molecule has 1 heterocycles. The third kappa shape index (κ3) is 4.29. The molecule has 0 atom stereocenters. The van der Waals surface area contributed by atoms with Crippen LogP contribution in [0.1, 0.15) is 12.7 Å². The zero-order valence-corrected chi connectivity index (χ0v) is 12.7. The van der Waals surface area contributed by atoms with E-state index < -0.39 is 22.7 Å². The van der Waals surface area contributed by atoms with E-state index in [-0.39, 0.29) is 17.9 Å². The Morgan fingerprint density at radius 1 is 1.25 bits per heavy atom. The van der Waals surface area contributed by atoms with Gasteiger partial charge in [0.05, 0.1) is 12.7 Å². The number of para-hydroxylation sites is 1. The quantitative estimate of drug-likeness (QED) is 0.218. The number of hydrogen-bond acceptors (Lipinski definition) is 6. The number of carbonyl (C=O) groups excluding carboxylic acids is 2. The molecule has 0 bridgehead atoms. The van der Waals surface area contributed by atoms with Gasteiger partial charge in [-0.15, -0.1) is 0 Å². The van der Waals surface area contributed by atoms with Gasteiger partial charge < -0.3 is 14.5 Å². The van der Waals surface area contributed by atoms with Crippen molar-refractivity contribution in [2.24, 2.45) is 0 Å². The summed E-state index contributed by atoms with van der Waals surface area (Å²) in [5, 5.41) is 13.2. The second-order valence-electron chi connectivity index (χ2n) is 4.53. The Morgan fingerprint density at radius 2 is 1.96 bits per heavy atom. The van der Waals surface area contributed by atoms with E-state index in [0.29, 0.717) is 5.69 Å². The van der Waals surface area contributed by atoms with E-state index in [1.807, 2.05) is 0 Å². The van der Waals surface area contributed by atoms with Crippen LogP contribution in [0.25, 0.3) is 6.08 Å². The van der Waals surface area contributed by atoms with Gasteiger partial charge in [-0.2, -0.15) is 0 Å². The molecule has 0 saturated heterocycles. The summed E-state index contributed by atoms with van der Waals surface area (Å²) < 4.78 is 9.79. The van der Waals surface area contributed by atoms with Gasteiger partial charge in [0.25, 0.3) is 5.91 Å². The van der Waals surface area contributed by atoms with Crippen molar-refractivity contribution in [3.63, 3.8) is 0 Å². The summed E-state index contributed by atoms with van der Waals surface area (Å²) in [7, 11) is 0. The predicted molar refractivity (Wildman–Crippen MR) is 85.0 cm³/mol. The zero-order chi connectivity index (χ0) is 17.5. The summed E-state index contributed by atoms with van der Waals surface area (Å²) in [6.45, 7) is 1.68. The van der Waals surface area contributed by atoms with E-state index >= 15 is 0 Å². The Labute approximate surface area is 136 Å². The number of nitrogens with one attached hydrogen (secondary N) is 1. The lowest BCUT2D eigenvalue weighted by Crippen LogP contribution is -2.22. The highest BCUT2D eigenvalue weighted by Crippen LogP contribution is 2.19. The standard InChI is InChI=1S/C16H14N2O6/c1-2-23-16(20)13(10-12-8-9-14(24-12)18(21)22)15(19)17-11-6-4-3-5-7-11/h3-10H,2H2,1H3,(H,17,19). The lowest BCUT2D eigenvalue weighted by atomic mass is 10.2. The molecule has 1 amide bonds. The van der Waals surface area contributed by atoms with Gasteiger partial charge in [-0.05, 0) is 25.1 Å². The molecule has 0 aliphatic rings. The van der Waals surface area contributed by atoms with Crippen LogP contribution < -0.4 is 5.32 Å². The highest BCUT2D eigenvalue weighted by molar-refractivity contribution is 6.23. The third-order valence-electron chi connectivity index (χ3n) is 2.85. The number of anilines is 1. The molecule has 2 rings (SSSR count). The van der Waals surface area contributed by atoms with Gasteiger partial charge in [0, 0.05) is 11.8 Å². The number of benzene rings is 1. The van der Waals surface area contributed by atoms with Gasteiger partial charge in [-0.25, -0.2) is 4.79 Å². The molecule has 0 unspecified atom stereocenters. The zero-order valence-electron chi connectivity index (χ0n) is 12.7. The molecule has 1 aromatic heterocycles.